The van der Waals surface area contributed by atoms with Gasteiger partial charge in [-0.3, -0.25) is 19.3 Å². The molecule has 0 aromatic heterocycles. The molecule has 0 saturated heterocycles. The van der Waals surface area contributed by atoms with Crippen molar-refractivity contribution in [3.8, 4) is 0 Å². The summed E-state index contributed by atoms with van der Waals surface area (Å²) in [6, 6.07) is 5.09. The van der Waals surface area contributed by atoms with Crippen LogP contribution in [0, 0.1) is 5.82 Å². The Bertz CT molecular complexity index is 534. The van der Waals surface area contributed by atoms with Gasteiger partial charge in [-0.25, -0.2) is 4.39 Å². The Kier molecular flexibility index (Phi) is 3.70. The van der Waals surface area contributed by atoms with Gasteiger partial charge in [0, 0.05) is 30.8 Å². The van der Waals surface area contributed by atoms with Crippen LogP contribution in [0.4, 0.5) is 4.39 Å². The van der Waals surface area contributed by atoms with Crippen molar-refractivity contribution in [2.45, 2.75) is 0 Å². The quantitative estimate of drug-likeness (QED) is 0.802. The number of hydrogen-bond donors (Lipinski definition) is 1. The smallest absolute Gasteiger partial charge is 0.253 e. The van der Waals surface area contributed by atoms with Crippen LogP contribution in [-0.2, 0) is 9.59 Å². The molecule has 1 aliphatic rings. The van der Waals surface area contributed by atoms with Gasteiger partial charge in [0.15, 0.2) is 0 Å². The molecule has 1 aliphatic heterocycles. The Morgan fingerprint density at radius 2 is 1.68 bits per heavy atom. The highest BCUT2D eigenvalue weighted by Gasteiger charge is 2.22. The van der Waals surface area contributed by atoms with Crippen molar-refractivity contribution in [1.82, 2.24) is 10.2 Å². The van der Waals surface area contributed by atoms with E-state index in [1.54, 1.807) is 0 Å². The van der Waals surface area contributed by atoms with Gasteiger partial charge in [-0.15, -0.1) is 0 Å². The van der Waals surface area contributed by atoms with E-state index in [4.69, 9.17) is 0 Å². The highest BCUT2D eigenvalue weighted by Crippen LogP contribution is 2.03. The first-order valence-electron chi connectivity index (χ1n) is 5.65. The third-order valence-electron chi connectivity index (χ3n) is 2.63. The van der Waals surface area contributed by atoms with E-state index >= 15 is 0 Å². The molecule has 0 fully saturated rings. The molecule has 1 aromatic rings. The number of carbonyl (C=O) groups excluding carboxylic acids is 3. The molecule has 0 radical (unpaired) electrons. The van der Waals surface area contributed by atoms with Crippen LogP contribution in [0.2, 0.25) is 0 Å². The average molecular weight is 261 g/mol. The zero-order chi connectivity index (χ0) is 13.8. The number of carbonyl (C=O) groups is 3. The highest BCUT2D eigenvalue weighted by atomic mass is 18.2. The fourth-order valence-corrected chi connectivity index (χ4v) is 1.64. The second kappa shape index (κ2) is 5.43. The molecule has 98 valence electrons. The molecule has 0 saturated carbocycles. The van der Waals surface area contributed by atoms with Crippen molar-refractivity contribution in [2.75, 3.05) is 13.1 Å². The maximum absolute atomic E-state index is 12.7. The molecule has 1 heterocycles. The molecule has 0 unspecified atom stereocenters. The van der Waals surface area contributed by atoms with E-state index in [1.807, 2.05) is 0 Å². The number of halogens is 1. The summed E-state index contributed by atoms with van der Waals surface area (Å²) in [6.07, 6.45) is 2.37. The molecule has 0 bridgehead atoms. The summed E-state index contributed by atoms with van der Waals surface area (Å²) >= 11 is 0. The van der Waals surface area contributed by atoms with Gasteiger partial charge in [0.1, 0.15) is 5.82 Å². The first-order chi connectivity index (χ1) is 9.08. The minimum Gasteiger partial charge on any atom is -0.350 e. The molecule has 5 nitrogen and oxygen atoms in total. The van der Waals surface area contributed by atoms with Crippen molar-refractivity contribution in [3.05, 3.63) is 47.8 Å². The van der Waals surface area contributed by atoms with Gasteiger partial charge < -0.3 is 5.32 Å². The molecule has 0 aliphatic carbocycles. The minimum atomic E-state index is -0.420. The van der Waals surface area contributed by atoms with E-state index in [2.05, 4.69) is 5.32 Å². The lowest BCUT2D eigenvalue weighted by atomic mass is 10.2. The van der Waals surface area contributed by atoms with E-state index in [0.717, 1.165) is 4.90 Å². The van der Waals surface area contributed by atoms with Crippen LogP contribution in [-0.4, -0.2) is 35.7 Å². The van der Waals surface area contributed by atoms with E-state index < -0.39 is 5.82 Å². The van der Waals surface area contributed by atoms with Gasteiger partial charge in [0.2, 0.25) is 0 Å². The van der Waals surface area contributed by atoms with Crippen LogP contribution in [0.3, 0.4) is 0 Å². The molecule has 19 heavy (non-hydrogen) atoms. The predicted molar refractivity (Wildman–Crippen MR) is 64.6 cm³/mol. The van der Waals surface area contributed by atoms with Crippen molar-refractivity contribution < 1.29 is 18.8 Å². The molecule has 1 aromatic carbocycles. The van der Waals surface area contributed by atoms with Gasteiger partial charge >= 0.3 is 0 Å². The van der Waals surface area contributed by atoms with Crippen molar-refractivity contribution in [2.24, 2.45) is 0 Å². The van der Waals surface area contributed by atoms with E-state index in [9.17, 15) is 18.8 Å². The molecule has 0 atom stereocenters. The van der Waals surface area contributed by atoms with Crippen LogP contribution < -0.4 is 5.32 Å². The third-order valence-corrected chi connectivity index (χ3v) is 2.63. The lowest BCUT2D eigenvalue weighted by molar-refractivity contribution is -0.136. The zero-order valence-corrected chi connectivity index (χ0v) is 9.93. The standard InChI is InChI=1S/C13H11FN2O3/c14-10-3-1-9(2-4-10)13(19)15-7-8-16-11(17)5-6-12(16)18/h1-6H,7-8H2,(H,15,19)/i14-1. The Labute approximate surface area is 108 Å². The summed E-state index contributed by atoms with van der Waals surface area (Å²) in [7, 11) is 0. The van der Waals surface area contributed by atoms with Crippen LogP contribution >= 0.6 is 0 Å². The largest absolute Gasteiger partial charge is 0.350 e. The third kappa shape index (κ3) is 3.04. The lowest BCUT2D eigenvalue weighted by Gasteiger charge is -2.13. The maximum Gasteiger partial charge on any atom is 0.253 e. The van der Waals surface area contributed by atoms with Gasteiger partial charge in [-0.05, 0) is 24.3 Å². The van der Waals surface area contributed by atoms with Crippen molar-refractivity contribution in [3.63, 3.8) is 0 Å². The summed E-state index contributed by atoms with van der Waals surface area (Å²) in [5.74, 6) is -1.58. The number of benzene rings is 1. The van der Waals surface area contributed by atoms with Gasteiger partial charge in [-0.2, -0.15) is 0 Å². The molecule has 2 rings (SSSR count). The van der Waals surface area contributed by atoms with Crippen molar-refractivity contribution in [1.29, 1.82) is 0 Å². The van der Waals surface area contributed by atoms with Crippen LogP contribution in [0.15, 0.2) is 36.4 Å². The maximum atomic E-state index is 12.7. The second-order valence-corrected chi connectivity index (χ2v) is 3.92. The molecule has 0 spiro atoms. The topological polar surface area (TPSA) is 66.5 Å². The van der Waals surface area contributed by atoms with Crippen LogP contribution in [0.1, 0.15) is 10.4 Å². The monoisotopic (exact) mass is 261 g/mol. The fourth-order valence-electron chi connectivity index (χ4n) is 1.64. The van der Waals surface area contributed by atoms with E-state index in [-0.39, 0.29) is 30.8 Å². The van der Waals surface area contributed by atoms with E-state index in [0.29, 0.717) is 5.56 Å². The first-order valence-corrected chi connectivity index (χ1v) is 5.65. The molecule has 6 heteroatoms. The van der Waals surface area contributed by atoms with Gasteiger partial charge in [0.25, 0.3) is 17.7 Å². The average Bonchev–Trinajstić information content (AvgIpc) is 2.71. The van der Waals surface area contributed by atoms with Crippen molar-refractivity contribution >= 4 is 17.7 Å². The summed E-state index contributed by atoms with van der Waals surface area (Å²) in [5.41, 5.74) is 0.318. The Balaban J connectivity index is 1.83. The van der Waals surface area contributed by atoms with Crippen LogP contribution in [0.25, 0.3) is 0 Å². The number of hydrogen-bond acceptors (Lipinski definition) is 3. The van der Waals surface area contributed by atoms with E-state index in [1.165, 1.54) is 36.4 Å². The number of rotatable bonds is 4. The Morgan fingerprint density at radius 3 is 2.26 bits per heavy atom. The van der Waals surface area contributed by atoms with Crippen LogP contribution in [0.5, 0.6) is 0 Å². The SMILES string of the molecule is O=C(NCCN1C(=O)C=CC1=O)c1ccc([18F])cc1. The number of nitrogens with one attached hydrogen (secondary N) is 1. The normalized spacial score (nSPS) is 14.1. The lowest BCUT2D eigenvalue weighted by Crippen LogP contribution is -2.38. The molecule has 1 N–H and O–H groups in total. The minimum absolute atomic E-state index is 0.109. The summed E-state index contributed by atoms with van der Waals surface area (Å²) in [6.45, 7) is 0.257. The Hall–Kier alpha value is -2.50. The fraction of sp³-hybridized carbons (Fsp3) is 0.154. The van der Waals surface area contributed by atoms with Gasteiger partial charge in [0.05, 0.1) is 0 Å². The molecular formula is C13H11FN2O3. The zero-order valence-electron chi connectivity index (χ0n) is 9.93. The highest BCUT2D eigenvalue weighted by molar-refractivity contribution is 6.12. The first kappa shape index (κ1) is 12.9. The second-order valence-electron chi connectivity index (χ2n) is 3.92. The molecule has 3 amide bonds. The summed E-state index contributed by atoms with van der Waals surface area (Å²) < 4.78 is 12.7. The molecular weight excluding hydrogens is 250 g/mol. The van der Waals surface area contributed by atoms with Gasteiger partial charge in [-0.1, -0.05) is 0 Å². The number of amides is 3. The number of imide groups is 1. The summed E-state index contributed by atoms with van der Waals surface area (Å²) in [4.78, 5) is 35.2. The predicted octanol–water partition coefficient (Wildman–Crippen LogP) is 0.480. The number of nitrogens with zero attached hydrogens (tertiary/aromatic N) is 1. The summed E-state index contributed by atoms with van der Waals surface area (Å²) in [5, 5.41) is 2.55. The Morgan fingerprint density at radius 1 is 1.11 bits per heavy atom.